The molecule has 0 saturated carbocycles. The average Bonchev–Trinajstić information content (AvgIpc) is 3.26. The maximum absolute atomic E-state index is 15.0. The molecule has 8 rings (SSSR count). The lowest BCUT2D eigenvalue weighted by Crippen LogP contribution is -2.27. The summed E-state index contributed by atoms with van der Waals surface area (Å²) in [4.78, 5) is 39.6. The highest BCUT2D eigenvalue weighted by molar-refractivity contribution is 7.75. The monoisotopic (exact) mass is 803 g/mol. The van der Waals surface area contributed by atoms with E-state index in [-0.39, 0.29) is 59.5 Å². The Bertz CT molecular complexity index is 2780. The molecule has 0 radical (unpaired) electrons. The summed E-state index contributed by atoms with van der Waals surface area (Å²) < 4.78 is 39.0. The molecular weight excluding hydrogens is 766 g/mol. The second-order valence-corrected chi connectivity index (χ2v) is 16.0. The number of amides is 1. The second kappa shape index (κ2) is 16.7. The van der Waals surface area contributed by atoms with Crippen molar-refractivity contribution in [1.82, 2.24) is 0 Å². The molecule has 10 nitrogen and oxygen atoms in total. The molecule has 0 aromatic heterocycles. The SMILES string of the molecule is CCOc1ccc(OCC(=O)c2cccc(C(=O)CCOc3ccc(NC(=O)c4ccc5cc(O)ccc5c4)cc3)c2)c(P2(=O)Oc3ccccc3-c3ccccc32)c1. The molecule has 7 aromatic carbocycles. The molecule has 11 heteroatoms. The van der Waals surface area contributed by atoms with Crippen molar-refractivity contribution in [1.29, 1.82) is 0 Å². The van der Waals surface area contributed by atoms with Crippen LogP contribution in [-0.4, -0.2) is 42.4 Å². The summed E-state index contributed by atoms with van der Waals surface area (Å²) in [7, 11) is -3.79. The quantitative estimate of drug-likeness (QED) is 0.0814. The number of nitrogens with one attached hydrogen (secondary N) is 1. The maximum Gasteiger partial charge on any atom is 0.311 e. The number of carbonyl (C=O) groups is 3. The van der Waals surface area contributed by atoms with Crippen molar-refractivity contribution in [2.24, 2.45) is 0 Å². The summed E-state index contributed by atoms with van der Waals surface area (Å²) in [5.41, 5.74) is 3.29. The Hall–Kier alpha value is -7.16. The fourth-order valence-electron chi connectivity index (χ4n) is 6.91. The van der Waals surface area contributed by atoms with E-state index in [1.54, 1.807) is 109 Å². The van der Waals surface area contributed by atoms with Crippen LogP contribution in [0.4, 0.5) is 5.69 Å². The van der Waals surface area contributed by atoms with Gasteiger partial charge in [0.15, 0.2) is 18.2 Å². The van der Waals surface area contributed by atoms with Crippen molar-refractivity contribution in [2.45, 2.75) is 13.3 Å². The van der Waals surface area contributed by atoms with Crippen LogP contribution in [0.5, 0.6) is 28.7 Å². The first-order valence-corrected chi connectivity index (χ1v) is 20.6. The van der Waals surface area contributed by atoms with Crippen molar-refractivity contribution in [3.63, 3.8) is 0 Å². The zero-order chi connectivity index (χ0) is 40.9. The van der Waals surface area contributed by atoms with Crippen LogP contribution in [0.3, 0.4) is 0 Å². The number of anilines is 1. The summed E-state index contributed by atoms with van der Waals surface area (Å²) in [6.07, 6.45) is 0.0573. The molecule has 1 heterocycles. The number of fused-ring (bicyclic) bond motifs is 4. The molecule has 59 heavy (non-hydrogen) atoms. The van der Waals surface area contributed by atoms with Gasteiger partial charge >= 0.3 is 7.37 Å². The number of ketones is 2. The Labute approximate surface area is 340 Å². The Kier molecular flexibility index (Phi) is 11.0. The van der Waals surface area contributed by atoms with Gasteiger partial charge in [-0.1, -0.05) is 66.7 Å². The van der Waals surface area contributed by atoms with Gasteiger partial charge in [0.25, 0.3) is 5.91 Å². The van der Waals surface area contributed by atoms with Gasteiger partial charge in [-0.05, 0) is 108 Å². The molecule has 1 atom stereocenters. The minimum absolute atomic E-state index is 0.0573. The van der Waals surface area contributed by atoms with Crippen LogP contribution in [-0.2, 0) is 4.57 Å². The average molecular weight is 804 g/mol. The summed E-state index contributed by atoms with van der Waals surface area (Å²) in [6.45, 7) is 1.95. The van der Waals surface area contributed by atoms with Gasteiger partial charge in [0, 0.05) is 34.4 Å². The van der Waals surface area contributed by atoms with Crippen LogP contribution < -0.4 is 34.7 Å². The van der Waals surface area contributed by atoms with E-state index in [1.807, 2.05) is 43.3 Å². The lowest BCUT2D eigenvalue weighted by atomic mass is 10.0. The van der Waals surface area contributed by atoms with Gasteiger partial charge < -0.3 is 29.2 Å². The Balaban J connectivity index is 0.891. The Morgan fingerprint density at radius 1 is 0.627 bits per heavy atom. The predicted molar refractivity (Wildman–Crippen MR) is 228 cm³/mol. The maximum atomic E-state index is 15.0. The molecular formula is C48H38NO9P. The number of phenolic OH excluding ortho intramolecular Hbond substituents is 1. The summed E-state index contributed by atoms with van der Waals surface area (Å²) in [5, 5.41) is 15.0. The summed E-state index contributed by atoms with van der Waals surface area (Å²) in [5.74, 6) is 0.980. The molecule has 294 valence electrons. The van der Waals surface area contributed by atoms with Gasteiger partial charge in [0.2, 0.25) is 0 Å². The molecule has 0 fully saturated rings. The number of rotatable bonds is 14. The molecule has 0 aliphatic carbocycles. The lowest BCUT2D eigenvalue weighted by Gasteiger charge is -2.30. The fourth-order valence-corrected chi connectivity index (χ4v) is 9.32. The number of Topliss-reactive ketones (excluding diaryl/α,β-unsaturated/α-hetero) is 2. The molecule has 0 saturated heterocycles. The number of hydrogen-bond acceptors (Lipinski definition) is 9. The van der Waals surface area contributed by atoms with E-state index in [0.29, 0.717) is 46.0 Å². The van der Waals surface area contributed by atoms with Gasteiger partial charge in [0.05, 0.1) is 23.8 Å². The number of hydrogen-bond donors (Lipinski definition) is 2. The zero-order valence-electron chi connectivity index (χ0n) is 31.9. The van der Waals surface area contributed by atoms with Crippen molar-refractivity contribution in [2.75, 3.05) is 25.1 Å². The normalized spacial score (nSPS) is 14.0. The van der Waals surface area contributed by atoms with Crippen molar-refractivity contribution in [3.8, 4) is 39.9 Å². The fraction of sp³-hybridized carbons (Fsp3) is 0.104. The third-order valence-corrected chi connectivity index (χ3v) is 12.3. The number of phenols is 1. The standard InChI is InChI=1S/C48H38NO9P/c1-2-55-39-22-23-45(47(29-39)59(54)46-13-6-4-11-41(46)40-10-3-5-12-44(40)58-59)57-30-43(52)34-9-7-8-33(27-34)42(51)24-25-56-38-20-17-36(18-21-38)49-48(53)35-15-14-32-28-37(50)19-16-31(32)26-35/h3-23,26-29,50H,2,24-25,30H2,1H3,(H,49,53). The third-order valence-electron chi connectivity index (χ3n) is 9.85. The molecule has 1 amide bonds. The van der Waals surface area contributed by atoms with Crippen LogP contribution in [0.25, 0.3) is 21.9 Å². The number of carbonyl (C=O) groups excluding carboxylic acids is 3. The largest absolute Gasteiger partial charge is 0.508 e. The van der Waals surface area contributed by atoms with Gasteiger partial charge in [-0.15, -0.1) is 0 Å². The highest BCUT2D eigenvalue weighted by Gasteiger charge is 2.40. The van der Waals surface area contributed by atoms with Gasteiger partial charge in [0.1, 0.15) is 28.7 Å². The molecule has 1 aliphatic rings. The van der Waals surface area contributed by atoms with E-state index in [0.717, 1.165) is 21.9 Å². The zero-order valence-corrected chi connectivity index (χ0v) is 32.8. The predicted octanol–water partition coefficient (Wildman–Crippen LogP) is 9.40. The van der Waals surface area contributed by atoms with Crippen molar-refractivity contribution in [3.05, 3.63) is 168 Å². The lowest BCUT2D eigenvalue weighted by molar-refractivity contribution is 0.0921. The molecule has 0 bridgehead atoms. The molecule has 1 unspecified atom stereocenters. The topological polar surface area (TPSA) is 137 Å². The number of aromatic hydroxyl groups is 1. The van der Waals surface area contributed by atoms with E-state index in [2.05, 4.69) is 5.32 Å². The molecule has 2 N–H and O–H groups in total. The van der Waals surface area contributed by atoms with Crippen molar-refractivity contribution >= 4 is 51.9 Å². The van der Waals surface area contributed by atoms with Gasteiger partial charge in [-0.3, -0.25) is 18.9 Å². The van der Waals surface area contributed by atoms with Gasteiger partial charge in [-0.2, -0.15) is 0 Å². The van der Waals surface area contributed by atoms with Gasteiger partial charge in [-0.25, -0.2) is 0 Å². The van der Waals surface area contributed by atoms with Crippen LogP contribution in [0.2, 0.25) is 0 Å². The highest BCUT2D eigenvalue weighted by atomic mass is 31.2. The Morgan fingerprint density at radius 2 is 1.34 bits per heavy atom. The Morgan fingerprint density at radius 3 is 2.15 bits per heavy atom. The summed E-state index contributed by atoms with van der Waals surface area (Å²) >= 11 is 0. The van der Waals surface area contributed by atoms with E-state index < -0.39 is 7.37 Å². The minimum atomic E-state index is -3.79. The second-order valence-electron chi connectivity index (χ2n) is 13.8. The molecule has 7 aromatic rings. The first-order chi connectivity index (χ1) is 28.7. The summed E-state index contributed by atoms with van der Waals surface area (Å²) in [6, 6.07) is 43.2. The van der Waals surface area contributed by atoms with Crippen molar-refractivity contribution < 1.29 is 42.8 Å². The number of benzene rings is 7. The minimum Gasteiger partial charge on any atom is -0.508 e. The molecule has 1 aliphatic heterocycles. The van der Waals surface area contributed by atoms with E-state index >= 15 is 4.57 Å². The smallest absolute Gasteiger partial charge is 0.311 e. The first-order valence-electron chi connectivity index (χ1n) is 19.0. The van der Waals surface area contributed by atoms with E-state index in [9.17, 15) is 19.5 Å². The first kappa shape index (κ1) is 38.7. The van der Waals surface area contributed by atoms with Crippen LogP contribution in [0.15, 0.2) is 152 Å². The van der Waals surface area contributed by atoms with Crippen LogP contribution >= 0.6 is 7.37 Å². The highest BCUT2D eigenvalue weighted by Crippen LogP contribution is 2.55. The molecule has 0 spiro atoms. The number of ether oxygens (including phenoxy) is 3. The van der Waals surface area contributed by atoms with Crippen LogP contribution in [0.1, 0.15) is 44.4 Å². The van der Waals surface area contributed by atoms with E-state index in [1.165, 1.54) is 6.07 Å². The van der Waals surface area contributed by atoms with E-state index in [4.69, 9.17) is 18.7 Å². The number of para-hydroxylation sites is 1. The third kappa shape index (κ3) is 8.30. The van der Waals surface area contributed by atoms with Crippen LogP contribution in [0, 0.1) is 0 Å².